The summed E-state index contributed by atoms with van der Waals surface area (Å²) in [4.78, 5) is 16.7. The molecule has 0 rings (SSSR count). The first-order valence-electron chi connectivity index (χ1n) is 1.22. The molecule has 0 aliphatic carbocycles. The molecular formula is C2CuO6-4. The summed E-state index contributed by atoms with van der Waals surface area (Å²) < 4.78 is 0. The van der Waals surface area contributed by atoms with E-state index in [9.17, 15) is 0 Å². The molecule has 0 unspecified atom stereocenters. The summed E-state index contributed by atoms with van der Waals surface area (Å²) in [5.41, 5.74) is 0. The first-order chi connectivity index (χ1) is 3.46. The second kappa shape index (κ2) is 10.1. The van der Waals surface area contributed by atoms with Crippen molar-refractivity contribution in [1.82, 2.24) is 0 Å². The molecule has 0 aromatic carbocycles. The number of hydrogen-bond donors (Lipinski definition) is 0. The Morgan fingerprint density at radius 2 is 0.778 bits per heavy atom. The van der Waals surface area contributed by atoms with E-state index in [1.807, 2.05) is 0 Å². The van der Waals surface area contributed by atoms with Gasteiger partial charge in [-0.05, 0) is 12.3 Å². The van der Waals surface area contributed by atoms with Crippen LogP contribution in [0, 0.1) is 0 Å². The third kappa shape index (κ3) is 204. The Morgan fingerprint density at radius 1 is 0.778 bits per heavy atom. The summed E-state index contributed by atoms with van der Waals surface area (Å²) in [6, 6.07) is 0. The fraction of sp³-hybridized carbons (Fsp3) is 0. The van der Waals surface area contributed by atoms with Gasteiger partial charge in [0, 0.05) is 17.1 Å². The number of hydrogen-bond acceptors (Lipinski definition) is 6. The summed E-state index contributed by atoms with van der Waals surface area (Å²) in [7, 11) is 0. The van der Waals surface area contributed by atoms with E-state index >= 15 is 0 Å². The van der Waals surface area contributed by atoms with Crippen LogP contribution in [0.25, 0.3) is 0 Å². The minimum atomic E-state index is -2.33. The maximum absolute atomic E-state index is 8.33. The van der Waals surface area contributed by atoms with Gasteiger partial charge in [0.2, 0.25) is 0 Å². The molecule has 7 heteroatoms. The van der Waals surface area contributed by atoms with Crippen molar-refractivity contribution in [2.75, 3.05) is 0 Å². The van der Waals surface area contributed by atoms with E-state index in [4.69, 9.17) is 30.0 Å². The van der Waals surface area contributed by atoms with E-state index in [-0.39, 0.29) is 17.1 Å². The van der Waals surface area contributed by atoms with Crippen molar-refractivity contribution in [3.8, 4) is 0 Å². The van der Waals surface area contributed by atoms with Gasteiger partial charge < -0.3 is 30.0 Å². The van der Waals surface area contributed by atoms with Gasteiger partial charge in [0.05, 0.1) is 0 Å². The molecule has 0 saturated heterocycles. The number of carboxylic acid groups (broad SMARTS) is 4. The number of rotatable bonds is 0. The Morgan fingerprint density at radius 3 is 0.778 bits per heavy atom. The van der Waals surface area contributed by atoms with Crippen LogP contribution in [0.2, 0.25) is 0 Å². The third-order valence-corrected chi connectivity index (χ3v) is 0. The van der Waals surface area contributed by atoms with Crippen molar-refractivity contribution in [2.24, 2.45) is 0 Å². The topological polar surface area (TPSA) is 126 Å². The molecule has 0 aromatic heterocycles. The van der Waals surface area contributed by atoms with Crippen LogP contribution in [0.1, 0.15) is 0 Å². The third-order valence-electron chi connectivity index (χ3n) is 0. The van der Waals surface area contributed by atoms with Crippen LogP contribution < -0.4 is 20.4 Å². The van der Waals surface area contributed by atoms with Gasteiger partial charge in [0.25, 0.3) is 0 Å². The van der Waals surface area contributed by atoms with Crippen molar-refractivity contribution >= 4 is 12.3 Å². The van der Waals surface area contributed by atoms with Crippen LogP contribution in [0.4, 0.5) is 9.59 Å². The minimum absolute atomic E-state index is 0. The average molecular weight is 184 g/mol. The second-order valence-electron chi connectivity index (χ2n) is 0.500. The van der Waals surface area contributed by atoms with Crippen molar-refractivity contribution < 1.29 is 47.1 Å². The predicted octanol–water partition coefficient (Wildman–Crippen LogP) is -4.90. The summed E-state index contributed by atoms with van der Waals surface area (Å²) >= 11 is 0. The molecule has 0 saturated carbocycles. The van der Waals surface area contributed by atoms with Gasteiger partial charge in [-0.3, -0.25) is 0 Å². The van der Waals surface area contributed by atoms with Gasteiger partial charge >= 0.3 is 0 Å². The quantitative estimate of drug-likeness (QED) is 0.347. The molecular weight excluding hydrogens is 184 g/mol. The van der Waals surface area contributed by atoms with Gasteiger partial charge in [-0.15, -0.1) is 0 Å². The van der Waals surface area contributed by atoms with Crippen LogP contribution in [-0.2, 0) is 17.1 Å². The Labute approximate surface area is 60.2 Å². The maximum Gasteiger partial charge on any atom is 0 e. The van der Waals surface area contributed by atoms with Crippen LogP contribution in [0.15, 0.2) is 0 Å². The summed E-state index contributed by atoms with van der Waals surface area (Å²) in [5.74, 6) is 0. The molecule has 0 heterocycles. The zero-order chi connectivity index (χ0) is 7.15. The van der Waals surface area contributed by atoms with Crippen molar-refractivity contribution in [3.05, 3.63) is 0 Å². The number of carbonyl (C=O) groups is 2. The maximum atomic E-state index is 8.33. The largest absolute Gasteiger partial charge is 0.652 e. The molecule has 0 atom stereocenters. The Kier molecular flexibility index (Phi) is 17.7. The molecule has 0 aromatic rings. The van der Waals surface area contributed by atoms with E-state index in [1.54, 1.807) is 0 Å². The zero-order valence-corrected chi connectivity index (χ0v) is 4.69. The molecule has 6 nitrogen and oxygen atoms in total. The normalized spacial score (nSPS) is 5.33. The Balaban J connectivity index is -0.0000000720. The first kappa shape index (κ1) is 15.7. The van der Waals surface area contributed by atoms with Gasteiger partial charge in [-0.25, -0.2) is 0 Å². The van der Waals surface area contributed by atoms with E-state index in [0.717, 1.165) is 0 Å². The van der Waals surface area contributed by atoms with E-state index in [0.29, 0.717) is 0 Å². The molecule has 0 bridgehead atoms. The van der Waals surface area contributed by atoms with Crippen LogP contribution >= 0.6 is 0 Å². The van der Waals surface area contributed by atoms with E-state index in [2.05, 4.69) is 0 Å². The van der Waals surface area contributed by atoms with E-state index < -0.39 is 12.3 Å². The van der Waals surface area contributed by atoms with Crippen LogP contribution in [-0.4, -0.2) is 12.3 Å². The van der Waals surface area contributed by atoms with Gasteiger partial charge in [-0.1, -0.05) is 0 Å². The molecule has 59 valence electrons. The van der Waals surface area contributed by atoms with E-state index in [1.165, 1.54) is 0 Å². The summed E-state index contributed by atoms with van der Waals surface area (Å²) in [6.07, 6.45) is -4.67. The molecule has 0 spiro atoms. The average Bonchev–Trinajstić information content (AvgIpc) is 1.25. The first-order valence-corrected chi connectivity index (χ1v) is 1.22. The SMILES string of the molecule is O=C([O-])[O-].O=C([O-])[O-].[Cu]. The summed E-state index contributed by atoms with van der Waals surface area (Å²) in [5, 5.41) is 33.3. The number of carbonyl (C=O) groups excluding carboxylic acids is 2. The summed E-state index contributed by atoms with van der Waals surface area (Å²) in [6.45, 7) is 0. The molecule has 0 aliphatic rings. The van der Waals surface area contributed by atoms with Gasteiger partial charge in [0.1, 0.15) is 0 Å². The zero-order valence-electron chi connectivity index (χ0n) is 3.75. The Hall–Kier alpha value is -0.941. The standard InChI is InChI=1S/2CH2O3.Cu/c2*2-1(3)4;/h2*(H2,2,3,4);/p-4. The predicted molar refractivity (Wildman–Crippen MR) is 10.8 cm³/mol. The minimum Gasteiger partial charge on any atom is -0.652 e. The van der Waals surface area contributed by atoms with Crippen molar-refractivity contribution in [3.63, 3.8) is 0 Å². The molecule has 9 heavy (non-hydrogen) atoms. The molecule has 0 amide bonds. The molecule has 1 radical (unpaired) electrons. The smallest absolute Gasteiger partial charge is 0 e. The molecule has 0 N–H and O–H groups in total. The fourth-order valence-corrected chi connectivity index (χ4v) is 0. The molecule has 0 fully saturated rings. The van der Waals surface area contributed by atoms with Crippen molar-refractivity contribution in [2.45, 2.75) is 0 Å². The van der Waals surface area contributed by atoms with Gasteiger partial charge in [0.15, 0.2) is 0 Å². The second-order valence-corrected chi connectivity index (χ2v) is 0.500. The molecule has 0 aliphatic heterocycles. The fourth-order valence-electron chi connectivity index (χ4n) is 0. The van der Waals surface area contributed by atoms with Crippen LogP contribution in [0.3, 0.4) is 0 Å². The van der Waals surface area contributed by atoms with Gasteiger partial charge in [-0.2, -0.15) is 0 Å². The van der Waals surface area contributed by atoms with Crippen molar-refractivity contribution in [1.29, 1.82) is 0 Å². The Bertz CT molecular complexity index is 69.1. The van der Waals surface area contributed by atoms with Crippen LogP contribution in [0.5, 0.6) is 0 Å². The monoisotopic (exact) mass is 183 g/mol.